The third kappa shape index (κ3) is 4.06. The summed E-state index contributed by atoms with van der Waals surface area (Å²) in [6.45, 7) is 1.69. The molecule has 1 aliphatic heterocycles. The number of carbonyl (C=O) groups is 2. The van der Waals surface area contributed by atoms with Crippen molar-refractivity contribution >= 4 is 46.6 Å². The van der Waals surface area contributed by atoms with Crippen molar-refractivity contribution in [2.75, 3.05) is 16.0 Å². The lowest BCUT2D eigenvalue weighted by Crippen LogP contribution is -2.28. The van der Waals surface area contributed by atoms with Gasteiger partial charge in [0.25, 0.3) is 5.91 Å². The number of hydrogen-bond acceptors (Lipinski definition) is 3. The summed E-state index contributed by atoms with van der Waals surface area (Å²) in [6, 6.07) is 18.9. The van der Waals surface area contributed by atoms with E-state index in [-0.39, 0.29) is 23.0 Å². The average Bonchev–Trinajstić information content (AvgIpc) is 3.12. The quantitative estimate of drug-likeness (QED) is 0.556. The van der Waals surface area contributed by atoms with Gasteiger partial charge in [-0.1, -0.05) is 41.9 Å². The number of nitrogens with one attached hydrogen (secondary N) is 1. The van der Waals surface area contributed by atoms with Crippen molar-refractivity contribution in [1.82, 2.24) is 0 Å². The first kappa shape index (κ1) is 20.4. The molecule has 0 spiro atoms. The summed E-state index contributed by atoms with van der Waals surface area (Å²) in [5.74, 6) is -0.376. The van der Waals surface area contributed by atoms with E-state index in [4.69, 9.17) is 11.6 Å². The number of amides is 2. The van der Waals surface area contributed by atoms with E-state index in [2.05, 4.69) is 5.32 Å². The number of benzene rings is 3. The Kier molecular flexibility index (Phi) is 5.79. The predicted molar refractivity (Wildman–Crippen MR) is 120 cm³/mol. The van der Waals surface area contributed by atoms with Gasteiger partial charge in [-0.05, 0) is 54.4 Å². The van der Waals surface area contributed by atoms with Crippen molar-refractivity contribution in [3.63, 3.8) is 0 Å². The van der Waals surface area contributed by atoms with Crippen LogP contribution >= 0.6 is 23.4 Å². The number of nitrogens with zero attached hydrogens (tertiary/aromatic N) is 1. The molecule has 3 aromatic carbocycles. The van der Waals surface area contributed by atoms with Crippen molar-refractivity contribution in [3.8, 4) is 0 Å². The zero-order valence-corrected chi connectivity index (χ0v) is 17.6. The molecule has 0 aliphatic carbocycles. The Balaban J connectivity index is 1.54. The molecule has 0 saturated carbocycles. The van der Waals surface area contributed by atoms with E-state index in [0.717, 1.165) is 5.56 Å². The fourth-order valence-corrected chi connectivity index (χ4v) is 4.66. The van der Waals surface area contributed by atoms with Crippen LogP contribution in [0, 0.1) is 12.7 Å². The van der Waals surface area contributed by atoms with Gasteiger partial charge in [-0.2, -0.15) is 0 Å². The Morgan fingerprint density at radius 1 is 1.13 bits per heavy atom. The number of halogens is 2. The first-order chi connectivity index (χ1) is 14.4. The van der Waals surface area contributed by atoms with Crippen LogP contribution < -0.4 is 10.2 Å². The van der Waals surface area contributed by atoms with E-state index in [1.54, 1.807) is 60.4 Å². The van der Waals surface area contributed by atoms with Crippen LogP contribution in [0.15, 0.2) is 66.7 Å². The lowest BCUT2D eigenvalue weighted by Gasteiger charge is -2.25. The molecule has 4 rings (SSSR count). The molecular formula is C23H18ClFN2O2S. The highest BCUT2D eigenvalue weighted by Crippen LogP contribution is 2.42. The minimum absolute atomic E-state index is 0.0654. The molecule has 3 aromatic rings. The Morgan fingerprint density at radius 2 is 1.87 bits per heavy atom. The third-order valence-electron chi connectivity index (χ3n) is 4.87. The molecule has 0 radical (unpaired) electrons. The standard InChI is InChI=1S/C23H18ClFN2O2S/c1-14-6-11-17(12-20(14)25)27-21(28)13-30-23(27)15-7-9-16(10-8-15)26-22(29)18-4-2-3-5-19(18)24/h2-12,23H,13H2,1H3,(H,26,29)/t23-/m1/s1. The van der Waals surface area contributed by atoms with Crippen LogP contribution in [0.25, 0.3) is 0 Å². The molecule has 4 nitrogen and oxygen atoms in total. The summed E-state index contributed by atoms with van der Waals surface area (Å²) in [7, 11) is 0. The molecule has 30 heavy (non-hydrogen) atoms. The van der Waals surface area contributed by atoms with E-state index < -0.39 is 0 Å². The van der Waals surface area contributed by atoms with Gasteiger partial charge in [-0.25, -0.2) is 4.39 Å². The van der Waals surface area contributed by atoms with Gasteiger partial charge in [0.1, 0.15) is 11.2 Å². The van der Waals surface area contributed by atoms with Crippen LogP contribution in [-0.2, 0) is 4.79 Å². The van der Waals surface area contributed by atoms with E-state index in [0.29, 0.717) is 33.3 Å². The lowest BCUT2D eigenvalue weighted by molar-refractivity contribution is -0.115. The number of hydrogen-bond donors (Lipinski definition) is 1. The largest absolute Gasteiger partial charge is 0.322 e. The highest BCUT2D eigenvalue weighted by atomic mass is 35.5. The molecular weight excluding hydrogens is 423 g/mol. The summed E-state index contributed by atoms with van der Waals surface area (Å²) in [4.78, 5) is 26.5. The van der Waals surface area contributed by atoms with Crippen LogP contribution in [0.5, 0.6) is 0 Å². The smallest absolute Gasteiger partial charge is 0.257 e. The topological polar surface area (TPSA) is 49.4 Å². The minimum Gasteiger partial charge on any atom is -0.322 e. The molecule has 1 aliphatic rings. The molecule has 1 saturated heterocycles. The van der Waals surface area contributed by atoms with Crippen molar-refractivity contribution in [1.29, 1.82) is 0 Å². The van der Waals surface area contributed by atoms with Crippen LogP contribution in [0.1, 0.15) is 26.9 Å². The Bertz CT molecular complexity index is 1120. The van der Waals surface area contributed by atoms with E-state index >= 15 is 0 Å². The monoisotopic (exact) mass is 440 g/mol. The number of thioether (sulfide) groups is 1. The van der Waals surface area contributed by atoms with Gasteiger partial charge < -0.3 is 5.32 Å². The zero-order valence-electron chi connectivity index (χ0n) is 16.1. The number of aryl methyl sites for hydroxylation is 1. The molecule has 0 aromatic heterocycles. The molecule has 1 atom stereocenters. The highest BCUT2D eigenvalue weighted by molar-refractivity contribution is 8.00. The highest BCUT2D eigenvalue weighted by Gasteiger charge is 2.34. The van der Waals surface area contributed by atoms with Crippen molar-refractivity contribution < 1.29 is 14.0 Å². The Labute approximate surface area is 183 Å². The van der Waals surface area contributed by atoms with Crippen LogP contribution in [0.3, 0.4) is 0 Å². The van der Waals surface area contributed by atoms with Crippen molar-refractivity contribution in [2.24, 2.45) is 0 Å². The molecule has 2 amide bonds. The molecule has 1 N–H and O–H groups in total. The zero-order chi connectivity index (χ0) is 21.3. The molecule has 1 fully saturated rings. The van der Waals surface area contributed by atoms with Gasteiger partial charge >= 0.3 is 0 Å². The van der Waals surface area contributed by atoms with Crippen LogP contribution in [0.4, 0.5) is 15.8 Å². The fraction of sp³-hybridized carbons (Fsp3) is 0.130. The lowest BCUT2D eigenvalue weighted by atomic mass is 10.1. The van der Waals surface area contributed by atoms with Crippen molar-refractivity contribution in [3.05, 3.63) is 94.3 Å². The van der Waals surface area contributed by atoms with Crippen LogP contribution in [-0.4, -0.2) is 17.6 Å². The maximum atomic E-state index is 14.0. The van der Waals surface area contributed by atoms with Crippen molar-refractivity contribution in [2.45, 2.75) is 12.3 Å². The van der Waals surface area contributed by atoms with Gasteiger partial charge in [-0.3, -0.25) is 14.5 Å². The number of rotatable bonds is 4. The number of anilines is 2. The minimum atomic E-state index is -0.339. The second-order valence-electron chi connectivity index (χ2n) is 6.92. The second kappa shape index (κ2) is 8.50. The van der Waals surface area contributed by atoms with Gasteiger partial charge in [0.15, 0.2) is 0 Å². The molecule has 152 valence electrons. The molecule has 7 heteroatoms. The van der Waals surface area contributed by atoms with E-state index in [9.17, 15) is 14.0 Å². The molecule has 1 heterocycles. The molecule has 0 bridgehead atoms. The maximum Gasteiger partial charge on any atom is 0.257 e. The summed E-state index contributed by atoms with van der Waals surface area (Å²) in [5, 5.41) is 2.95. The Hall–Kier alpha value is -2.83. The molecule has 0 unspecified atom stereocenters. The number of carbonyl (C=O) groups excluding carboxylic acids is 2. The summed E-state index contributed by atoms with van der Waals surface area (Å²) >= 11 is 7.56. The maximum absolute atomic E-state index is 14.0. The third-order valence-corrected chi connectivity index (χ3v) is 6.42. The van der Waals surface area contributed by atoms with Crippen LogP contribution in [0.2, 0.25) is 5.02 Å². The normalized spacial score (nSPS) is 16.0. The second-order valence-corrected chi connectivity index (χ2v) is 8.39. The summed E-state index contributed by atoms with van der Waals surface area (Å²) in [6.07, 6.45) is 0. The first-order valence-electron chi connectivity index (χ1n) is 9.29. The average molecular weight is 441 g/mol. The summed E-state index contributed by atoms with van der Waals surface area (Å²) < 4.78 is 14.0. The fourth-order valence-electron chi connectivity index (χ4n) is 3.26. The van der Waals surface area contributed by atoms with E-state index in [1.165, 1.54) is 17.8 Å². The van der Waals surface area contributed by atoms with Gasteiger partial charge in [0, 0.05) is 11.4 Å². The first-order valence-corrected chi connectivity index (χ1v) is 10.7. The SMILES string of the molecule is Cc1ccc(N2C(=O)CS[C@@H]2c2ccc(NC(=O)c3ccccc3Cl)cc2)cc1F. The van der Waals surface area contributed by atoms with Gasteiger partial charge in [0.2, 0.25) is 5.91 Å². The summed E-state index contributed by atoms with van der Waals surface area (Å²) in [5.41, 5.74) is 2.98. The van der Waals surface area contributed by atoms with Gasteiger partial charge in [-0.15, -0.1) is 11.8 Å². The van der Waals surface area contributed by atoms with E-state index in [1.807, 2.05) is 12.1 Å². The predicted octanol–water partition coefficient (Wildman–Crippen LogP) is 5.82. The Morgan fingerprint density at radius 3 is 2.57 bits per heavy atom. The van der Waals surface area contributed by atoms with Gasteiger partial charge in [0.05, 0.1) is 16.3 Å².